The molecule has 2 aromatic heterocycles. The molecule has 0 amide bonds. The Kier molecular flexibility index (Phi) is 4.53. The van der Waals surface area contributed by atoms with Crippen LogP contribution in [0, 0.1) is 13.8 Å². The maximum absolute atomic E-state index is 5.47. The summed E-state index contributed by atoms with van der Waals surface area (Å²) in [5, 5.41) is 10.6. The molecule has 0 radical (unpaired) electrons. The lowest BCUT2D eigenvalue weighted by molar-refractivity contribution is 0.0875. The molecule has 0 saturated carbocycles. The van der Waals surface area contributed by atoms with Gasteiger partial charge in [-0.2, -0.15) is 0 Å². The quantitative estimate of drug-likeness (QED) is 0.876. The number of rotatable bonds is 5. The van der Waals surface area contributed by atoms with Crippen molar-refractivity contribution in [2.45, 2.75) is 39.3 Å². The highest BCUT2D eigenvalue weighted by molar-refractivity contribution is 5.47. The molecule has 3 rings (SSSR count). The summed E-state index contributed by atoms with van der Waals surface area (Å²) < 4.78 is 10.6. The van der Waals surface area contributed by atoms with Crippen molar-refractivity contribution in [2.75, 3.05) is 23.8 Å². The predicted octanol–water partition coefficient (Wildman–Crippen LogP) is 2.28. The summed E-state index contributed by atoms with van der Waals surface area (Å²) in [5.74, 6) is 2.41. The van der Waals surface area contributed by atoms with Crippen LogP contribution in [0.4, 0.5) is 11.6 Å². The van der Waals surface area contributed by atoms with Crippen molar-refractivity contribution in [2.24, 2.45) is 0 Å². The van der Waals surface area contributed by atoms with E-state index in [-0.39, 0.29) is 0 Å². The normalized spacial score (nSPS) is 18.2. The fraction of sp³-hybridized carbons (Fsp3) is 0.533. The van der Waals surface area contributed by atoms with Gasteiger partial charge in [0.2, 0.25) is 0 Å². The monoisotopic (exact) mass is 303 g/mol. The molecule has 1 saturated heterocycles. The highest BCUT2D eigenvalue weighted by Gasteiger charge is 2.14. The molecule has 0 spiro atoms. The van der Waals surface area contributed by atoms with E-state index in [0.717, 1.165) is 54.7 Å². The molecule has 22 heavy (non-hydrogen) atoms. The summed E-state index contributed by atoms with van der Waals surface area (Å²) in [7, 11) is 0. The molecule has 1 atom stereocenters. The van der Waals surface area contributed by atoms with Gasteiger partial charge >= 0.3 is 0 Å². The van der Waals surface area contributed by atoms with E-state index in [1.807, 2.05) is 19.9 Å². The summed E-state index contributed by atoms with van der Waals surface area (Å²) in [5.41, 5.74) is 1.96. The second kappa shape index (κ2) is 6.74. The van der Waals surface area contributed by atoms with E-state index in [1.165, 1.54) is 0 Å². The number of hydrogen-bond donors (Lipinski definition) is 2. The number of aromatic nitrogens is 3. The molecule has 1 aliphatic heterocycles. The van der Waals surface area contributed by atoms with Gasteiger partial charge in [0.15, 0.2) is 0 Å². The van der Waals surface area contributed by atoms with E-state index in [4.69, 9.17) is 9.26 Å². The van der Waals surface area contributed by atoms with E-state index in [0.29, 0.717) is 12.6 Å². The Morgan fingerprint density at radius 2 is 2.14 bits per heavy atom. The number of ether oxygens (including phenoxy) is 1. The van der Waals surface area contributed by atoms with Crippen molar-refractivity contribution in [3.8, 4) is 0 Å². The molecule has 0 bridgehead atoms. The van der Waals surface area contributed by atoms with Gasteiger partial charge in [-0.3, -0.25) is 0 Å². The van der Waals surface area contributed by atoms with Crippen molar-refractivity contribution >= 4 is 11.6 Å². The molecule has 2 aromatic rings. The molecular formula is C15H21N5O2. The first-order valence-corrected chi connectivity index (χ1v) is 7.54. The van der Waals surface area contributed by atoms with Crippen molar-refractivity contribution in [1.29, 1.82) is 0 Å². The molecule has 0 unspecified atom stereocenters. The standard InChI is InChI=1S/C15H21N5O2/c1-10-13(11(2)22-20-10)7-16-14-6-15(18-9-17-14)19-12-4-3-5-21-8-12/h6,9,12H,3-5,7-8H2,1-2H3,(H2,16,17,18,19)/t12-/m0/s1. The van der Waals surface area contributed by atoms with Crippen molar-refractivity contribution < 1.29 is 9.26 Å². The topological polar surface area (TPSA) is 85.1 Å². The lowest BCUT2D eigenvalue weighted by Crippen LogP contribution is -2.30. The van der Waals surface area contributed by atoms with Crippen molar-refractivity contribution in [3.63, 3.8) is 0 Å². The number of anilines is 2. The summed E-state index contributed by atoms with van der Waals surface area (Å²) in [4.78, 5) is 8.51. The Balaban J connectivity index is 1.61. The third-order valence-electron chi connectivity index (χ3n) is 3.81. The van der Waals surface area contributed by atoms with Gasteiger partial charge in [0.1, 0.15) is 23.7 Å². The second-order valence-electron chi connectivity index (χ2n) is 5.50. The van der Waals surface area contributed by atoms with Gasteiger partial charge in [-0.1, -0.05) is 5.16 Å². The van der Waals surface area contributed by atoms with Crippen LogP contribution < -0.4 is 10.6 Å². The summed E-state index contributed by atoms with van der Waals surface area (Å²) in [6, 6.07) is 2.23. The van der Waals surface area contributed by atoms with E-state index in [1.54, 1.807) is 6.33 Å². The molecule has 2 N–H and O–H groups in total. The zero-order valence-corrected chi connectivity index (χ0v) is 12.9. The maximum Gasteiger partial charge on any atom is 0.138 e. The Morgan fingerprint density at radius 1 is 1.27 bits per heavy atom. The molecule has 7 nitrogen and oxygen atoms in total. The predicted molar refractivity (Wildman–Crippen MR) is 82.8 cm³/mol. The summed E-state index contributed by atoms with van der Waals surface area (Å²) in [6.07, 6.45) is 3.74. The minimum atomic E-state index is 0.319. The SMILES string of the molecule is Cc1noc(C)c1CNc1cc(N[C@H]2CCCOC2)ncn1. The van der Waals surface area contributed by atoms with Crippen LogP contribution in [0.1, 0.15) is 29.9 Å². The van der Waals surface area contributed by atoms with E-state index >= 15 is 0 Å². The largest absolute Gasteiger partial charge is 0.379 e. The molecule has 0 aromatic carbocycles. The van der Waals surface area contributed by atoms with Crippen LogP contribution in [0.2, 0.25) is 0 Å². The van der Waals surface area contributed by atoms with Crippen LogP contribution in [-0.4, -0.2) is 34.4 Å². The van der Waals surface area contributed by atoms with E-state index in [9.17, 15) is 0 Å². The number of nitrogens with one attached hydrogen (secondary N) is 2. The molecule has 0 aliphatic carbocycles. The fourth-order valence-electron chi connectivity index (χ4n) is 2.53. The average molecular weight is 303 g/mol. The van der Waals surface area contributed by atoms with Crippen LogP contribution in [0.15, 0.2) is 16.9 Å². The summed E-state index contributed by atoms with van der Waals surface area (Å²) >= 11 is 0. The Morgan fingerprint density at radius 3 is 2.86 bits per heavy atom. The zero-order valence-electron chi connectivity index (χ0n) is 12.9. The highest BCUT2D eigenvalue weighted by Crippen LogP contribution is 2.17. The Labute approximate surface area is 129 Å². The number of hydrogen-bond acceptors (Lipinski definition) is 7. The summed E-state index contributed by atoms with van der Waals surface area (Å²) in [6.45, 7) is 6.05. The molecule has 118 valence electrons. The smallest absolute Gasteiger partial charge is 0.138 e. The first kappa shape index (κ1) is 14.8. The van der Waals surface area contributed by atoms with Crippen LogP contribution in [-0.2, 0) is 11.3 Å². The van der Waals surface area contributed by atoms with Crippen LogP contribution in [0.3, 0.4) is 0 Å². The lowest BCUT2D eigenvalue weighted by Gasteiger charge is -2.23. The van der Waals surface area contributed by atoms with Gasteiger partial charge in [-0.05, 0) is 26.7 Å². The first-order valence-electron chi connectivity index (χ1n) is 7.54. The average Bonchev–Trinajstić information content (AvgIpc) is 2.85. The van der Waals surface area contributed by atoms with Gasteiger partial charge < -0.3 is 19.9 Å². The van der Waals surface area contributed by atoms with Gasteiger partial charge in [-0.15, -0.1) is 0 Å². The number of nitrogens with zero attached hydrogens (tertiary/aromatic N) is 3. The fourth-order valence-corrected chi connectivity index (χ4v) is 2.53. The zero-order chi connectivity index (χ0) is 15.4. The molecule has 1 fully saturated rings. The van der Waals surface area contributed by atoms with Gasteiger partial charge in [-0.25, -0.2) is 9.97 Å². The maximum atomic E-state index is 5.47. The van der Waals surface area contributed by atoms with E-state index < -0.39 is 0 Å². The third kappa shape index (κ3) is 3.54. The highest BCUT2D eigenvalue weighted by atomic mass is 16.5. The first-order chi connectivity index (χ1) is 10.7. The van der Waals surface area contributed by atoms with Crippen LogP contribution in [0.5, 0.6) is 0 Å². The molecule has 1 aliphatic rings. The van der Waals surface area contributed by atoms with Crippen molar-refractivity contribution in [3.05, 3.63) is 29.4 Å². The van der Waals surface area contributed by atoms with Crippen molar-refractivity contribution in [1.82, 2.24) is 15.1 Å². The van der Waals surface area contributed by atoms with Gasteiger partial charge in [0.05, 0.1) is 18.3 Å². The lowest BCUT2D eigenvalue weighted by atomic mass is 10.1. The van der Waals surface area contributed by atoms with Gasteiger partial charge in [0.25, 0.3) is 0 Å². The molecular weight excluding hydrogens is 282 g/mol. The Bertz CT molecular complexity index is 603. The second-order valence-corrected chi connectivity index (χ2v) is 5.50. The van der Waals surface area contributed by atoms with E-state index in [2.05, 4.69) is 25.8 Å². The van der Waals surface area contributed by atoms with Crippen LogP contribution >= 0.6 is 0 Å². The minimum Gasteiger partial charge on any atom is -0.379 e. The third-order valence-corrected chi connectivity index (χ3v) is 3.81. The van der Waals surface area contributed by atoms with Crippen LogP contribution in [0.25, 0.3) is 0 Å². The van der Waals surface area contributed by atoms with Gasteiger partial charge in [0, 0.05) is 24.8 Å². The minimum absolute atomic E-state index is 0.319. The number of aryl methyl sites for hydroxylation is 2. The Hall–Kier alpha value is -2.15. The molecule has 7 heteroatoms. The molecule has 3 heterocycles.